The molecule has 0 atom stereocenters. The number of urea groups is 1. The van der Waals surface area contributed by atoms with Gasteiger partial charge in [0.25, 0.3) is 0 Å². The van der Waals surface area contributed by atoms with Crippen molar-refractivity contribution in [2.75, 3.05) is 23.7 Å². The molecular formula is C28H25F3N6O3. The van der Waals surface area contributed by atoms with Crippen molar-refractivity contribution in [2.24, 2.45) is 0 Å². The van der Waals surface area contributed by atoms with Gasteiger partial charge in [0.05, 0.1) is 11.6 Å². The molecule has 4 aromatic rings. The normalized spacial score (nSPS) is 14.1. The standard InChI is InChI=1S/C28H25F3N6O3/c29-28(30,31)20-4-6-21(7-5-20)33-26(38)34-22-3-1-2-19(16-22)25-24(18-8-12-32-13-9-18)17-37(35-25)23-10-14-36(15-11-23)27(39)40/h1-9,12-13,16-17,23H,10-11,14-15H2,(H,39,40)(H2,33,34,38). The maximum absolute atomic E-state index is 12.8. The molecule has 1 fully saturated rings. The molecule has 0 aliphatic carbocycles. The summed E-state index contributed by atoms with van der Waals surface area (Å²) in [6, 6.07) is 14.4. The van der Waals surface area contributed by atoms with Gasteiger partial charge in [0.1, 0.15) is 5.69 Å². The Labute approximate surface area is 227 Å². The average molecular weight is 551 g/mol. The molecule has 1 aliphatic rings. The fourth-order valence-electron chi connectivity index (χ4n) is 4.64. The van der Waals surface area contributed by atoms with Crippen LogP contribution in [0.4, 0.5) is 34.1 Å². The molecule has 0 saturated carbocycles. The molecule has 1 aliphatic heterocycles. The Morgan fingerprint density at radius 2 is 1.57 bits per heavy atom. The zero-order valence-corrected chi connectivity index (χ0v) is 21.1. The van der Waals surface area contributed by atoms with Gasteiger partial charge in [-0.2, -0.15) is 18.3 Å². The summed E-state index contributed by atoms with van der Waals surface area (Å²) < 4.78 is 40.3. The van der Waals surface area contributed by atoms with Crippen molar-refractivity contribution in [1.82, 2.24) is 19.7 Å². The molecule has 3 amide bonds. The van der Waals surface area contributed by atoms with E-state index in [4.69, 9.17) is 5.10 Å². The molecule has 0 radical (unpaired) electrons. The second kappa shape index (κ2) is 11.1. The number of pyridine rings is 1. The van der Waals surface area contributed by atoms with Gasteiger partial charge < -0.3 is 20.6 Å². The van der Waals surface area contributed by atoms with E-state index in [1.54, 1.807) is 30.6 Å². The average Bonchev–Trinajstić information content (AvgIpc) is 3.39. The minimum Gasteiger partial charge on any atom is -0.465 e. The summed E-state index contributed by atoms with van der Waals surface area (Å²) in [5, 5.41) is 19.4. The Bertz CT molecular complexity index is 1500. The molecular weight excluding hydrogens is 525 g/mol. The zero-order valence-electron chi connectivity index (χ0n) is 21.1. The van der Waals surface area contributed by atoms with Gasteiger partial charge in [-0.1, -0.05) is 12.1 Å². The Balaban J connectivity index is 1.37. The van der Waals surface area contributed by atoms with Crippen LogP contribution in [0.3, 0.4) is 0 Å². The molecule has 3 N–H and O–H groups in total. The van der Waals surface area contributed by atoms with Gasteiger partial charge in [0.15, 0.2) is 0 Å². The maximum atomic E-state index is 12.8. The summed E-state index contributed by atoms with van der Waals surface area (Å²) in [6.07, 6.45) is 1.20. The molecule has 3 heterocycles. The van der Waals surface area contributed by atoms with Gasteiger partial charge in [-0.15, -0.1) is 0 Å². The van der Waals surface area contributed by atoms with Crippen molar-refractivity contribution in [3.05, 3.63) is 84.8 Å². The Kier molecular flexibility index (Phi) is 7.41. The molecule has 0 bridgehead atoms. The molecule has 0 spiro atoms. The number of alkyl halides is 3. The molecule has 0 unspecified atom stereocenters. The highest BCUT2D eigenvalue weighted by molar-refractivity contribution is 6.00. The first kappa shape index (κ1) is 26.7. The number of carboxylic acid groups (broad SMARTS) is 1. The minimum absolute atomic E-state index is 0.0285. The Morgan fingerprint density at radius 3 is 2.23 bits per heavy atom. The minimum atomic E-state index is -4.46. The smallest absolute Gasteiger partial charge is 0.416 e. The summed E-state index contributed by atoms with van der Waals surface area (Å²) >= 11 is 0. The van der Waals surface area contributed by atoms with E-state index in [1.165, 1.54) is 17.0 Å². The quantitative estimate of drug-likeness (QED) is 0.260. The van der Waals surface area contributed by atoms with Crippen LogP contribution in [0.25, 0.3) is 22.4 Å². The van der Waals surface area contributed by atoms with Crippen LogP contribution in [-0.2, 0) is 6.18 Å². The number of rotatable bonds is 5. The SMILES string of the molecule is O=C(Nc1ccc(C(F)(F)F)cc1)Nc1cccc(-c2nn(C3CCN(C(=O)O)CC3)cc2-c2ccncc2)c1. The van der Waals surface area contributed by atoms with Crippen molar-refractivity contribution in [1.29, 1.82) is 0 Å². The monoisotopic (exact) mass is 550 g/mol. The van der Waals surface area contributed by atoms with Crippen LogP contribution in [0.5, 0.6) is 0 Å². The van der Waals surface area contributed by atoms with E-state index in [2.05, 4.69) is 15.6 Å². The molecule has 2 aromatic carbocycles. The topological polar surface area (TPSA) is 112 Å². The number of carbonyl (C=O) groups is 2. The van der Waals surface area contributed by atoms with Crippen molar-refractivity contribution < 1.29 is 27.9 Å². The number of likely N-dealkylation sites (tertiary alicyclic amines) is 1. The van der Waals surface area contributed by atoms with Gasteiger partial charge in [-0.3, -0.25) is 9.67 Å². The lowest BCUT2D eigenvalue weighted by molar-refractivity contribution is -0.137. The van der Waals surface area contributed by atoms with E-state index in [-0.39, 0.29) is 11.7 Å². The first-order valence-electron chi connectivity index (χ1n) is 12.5. The predicted octanol–water partition coefficient (Wildman–Crippen LogP) is 6.59. The highest BCUT2D eigenvalue weighted by Crippen LogP contribution is 2.35. The van der Waals surface area contributed by atoms with Crippen molar-refractivity contribution in [3.63, 3.8) is 0 Å². The Morgan fingerprint density at radius 1 is 0.900 bits per heavy atom. The predicted molar refractivity (Wildman–Crippen MR) is 143 cm³/mol. The summed E-state index contributed by atoms with van der Waals surface area (Å²) in [5.41, 5.74) is 3.05. The van der Waals surface area contributed by atoms with Crippen molar-refractivity contribution in [2.45, 2.75) is 25.1 Å². The van der Waals surface area contributed by atoms with Crippen LogP contribution in [0.2, 0.25) is 0 Å². The number of hydrogen-bond donors (Lipinski definition) is 3. The highest BCUT2D eigenvalue weighted by Gasteiger charge is 2.30. The largest absolute Gasteiger partial charge is 0.465 e. The highest BCUT2D eigenvalue weighted by atomic mass is 19.4. The van der Waals surface area contributed by atoms with Crippen LogP contribution >= 0.6 is 0 Å². The maximum Gasteiger partial charge on any atom is 0.416 e. The lowest BCUT2D eigenvalue weighted by atomic mass is 10.0. The molecule has 9 nitrogen and oxygen atoms in total. The number of hydrogen-bond acceptors (Lipinski definition) is 4. The molecule has 1 saturated heterocycles. The van der Waals surface area contributed by atoms with Gasteiger partial charge in [0, 0.05) is 54.2 Å². The number of halogens is 3. The second-order valence-corrected chi connectivity index (χ2v) is 9.34. The molecule has 12 heteroatoms. The van der Waals surface area contributed by atoms with E-state index in [9.17, 15) is 27.9 Å². The van der Waals surface area contributed by atoms with E-state index < -0.39 is 23.9 Å². The van der Waals surface area contributed by atoms with Crippen LogP contribution in [0.1, 0.15) is 24.4 Å². The third-order valence-electron chi connectivity index (χ3n) is 6.70. The van der Waals surface area contributed by atoms with Gasteiger partial charge in [-0.05, 0) is 66.9 Å². The molecule has 5 rings (SSSR count). The number of piperidine rings is 1. The zero-order chi connectivity index (χ0) is 28.3. The van der Waals surface area contributed by atoms with Crippen LogP contribution in [0.15, 0.2) is 79.3 Å². The number of aromatic nitrogens is 3. The lowest BCUT2D eigenvalue weighted by Gasteiger charge is -2.30. The summed E-state index contributed by atoms with van der Waals surface area (Å²) in [5.74, 6) is 0. The number of nitrogens with zero attached hydrogens (tertiary/aromatic N) is 4. The summed E-state index contributed by atoms with van der Waals surface area (Å²) in [6.45, 7) is 0.848. The first-order valence-corrected chi connectivity index (χ1v) is 12.5. The Hall–Kier alpha value is -4.87. The summed E-state index contributed by atoms with van der Waals surface area (Å²) in [4.78, 5) is 29.4. The van der Waals surface area contributed by atoms with Crippen molar-refractivity contribution >= 4 is 23.5 Å². The number of benzene rings is 2. The number of carbonyl (C=O) groups excluding carboxylic acids is 1. The first-order chi connectivity index (χ1) is 19.2. The molecule has 206 valence electrons. The fourth-order valence-corrected chi connectivity index (χ4v) is 4.64. The molecule has 2 aromatic heterocycles. The van der Waals surface area contributed by atoms with Crippen molar-refractivity contribution in [3.8, 4) is 22.4 Å². The van der Waals surface area contributed by atoms with Crippen LogP contribution in [-0.4, -0.2) is 50.0 Å². The van der Waals surface area contributed by atoms with Crippen LogP contribution in [0, 0.1) is 0 Å². The van der Waals surface area contributed by atoms with E-state index >= 15 is 0 Å². The van der Waals surface area contributed by atoms with Gasteiger partial charge >= 0.3 is 18.3 Å². The third kappa shape index (κ3) is 6.06. The number of amides is 3. The number of nitrogens with one attached hydrogen (secondary N) is 2. The van der Waals surface area contributed by atoms with E-state index in [0.717, 1.165) is 28.8 Å². The lowest BCUT2D eigenvalue weighted by Crippen LogP contribution is -2.38. The van der Waals surface area contributed by atoms with Gasteiger partial charge in [0.2, 0.25) is 0 Å². The molecule has 40 heavy (non-hydrogen) atoms. The van der Waals surface area contributed by atoms with Gasteiger partial charge in [-0.25, -0.2) is 9.59 Å². The van der Waals surface area contributed by atoms with E-state index in [0.29, 0.717) is 37.3 Å². The third-order valence-corrected chi connectivity index (χ3v) is 6.70. The fraction of sp³-hybridized carbons (Fsp3) is 0.214. The van der Waals surface area contributed by atoms with E-state index in [1.807, 2.05) is 29.1 Å². The van der Waals surface area contributed by atoms with Crippen LogP contribution < -0.4 is 10.6 Å². The summed E-state index contributed by atoms with van der Waals surface area (Å²) in [7, 11) is 0. The second-order valence-electron chi connectivity index (χ2n) is 9.34. The number of anilines is 2.